The van der Waals surface area contributed by atoms with Crippen LogP contribution in [0.2, 0.25) is 0 Å². The van der Waals surface area contributed by atoms with Crippen LogP contribution in [0.4, 0.5) is 5.69 Å². The summed E-state index contributed by atoms with van der Waals surface area (Å²) < 4.78 is 0. The average Bonchev–Trinajstić information content (AvgIpc) is 2.70. The minimum absolute atomic E-state index is 0.129. The van der Waals surface area contributed by atoms with Crippen LogP contribution in [0.3, 0.4) is 0 Å². The highest BCUT2D eigenvalue weighted by molar-refractivity contribution is 5.73. The van der Waals surface area contributed by atoms with Gasteiger partial charge in [-0.05, 0) is 56.7 Å². The van der Waals surface area contributed by atoms with Crippen molar-refractivity contribution in [3.05, 3.63) is 29.8 Å². The smallest absolute Gasteiger partial charge is 0.219 e. The van der Waals surface area contributed by atoms with Gasteiger partial charge in [0.05, 0.1) is 6.10 Å². The topological polar surface area (TPSA) is 47.0 Å². The van der Waals surface area contributed by atoms with Crippen LogP contribution in [0.5, 0.6) is 0 Å². The molecule has 1 amide bonds. The molecule has 28 heavy (non-hydrogen) atoms. The number of hydrogen-bond acceptors (Lipinski definition) is 4. The van der Waals surface area contributed by atoms with E-state index in [-0.39, 0.29) is 17.4 Å². The van der Waals surface area contributed by atoms with Crippen LogP contribution in [-0.4, -0.2) is 72.2 Å². The summed E-state index contributed by atoms with van der Waals surface area (Å²) in [7, 11) is 0. The lowest BCUT2D eigenvalue weighted by molar-refractivity contribution is -0.140. The molecule has 1 aromatic carbocycles. The molecule has 3 aliphatic rings. The van der Waals surface area contributed by atoms with E-state index >= 15 is 0 Å². The van der Waals surface area contributed by atoms with E-state index in [2.05, 4.69) is 41.0 Å². The Kier molecular flexibility index (Phi) is 5.66. The fourth-order valence-corrected chi connectivity index (χ4v) is 5.64. The van der Waals surface area contributed by atoms with Crippen molar-refractivity contribution in [1.82, 2.24) is 9.80 Å². The zero-order valence-corrected chi connectivity index (χ0v) is 17.4. The highest BCUT2D eigenvalue weighted by Gasteiger charge is 2.47. The van der Waals surface area contributed by atoms with Crippen LogP contribution in [0.15, 0.2) is 24.3 Å². The lowest BCUT2D eigenvalue weighted by Gasteiger charge is -2.53. The molecule has 3 heterocycles. The van der Waals surface area contributed by atoms with Gasteiger partial charge in [-0.25, -0.2) is 0 Å². The van der Waals surface area contributed by atoms with Gasteiger partial charge in [-0.1, -0.05) is 12.1 Å². The molecule has 2 atom stereocenters. The second-order valence-corrected chi connectivity index (χ2v) is 9.24. The zero-order valence-electron chi connectivity index (χ0n) is 17.4. The molecule has 0 aromatic heterocycles. The third-order valence-corrected chi connectivity index (χ3v) is 7.32. The zero-order chi connectivity index (χ0) is 19.7. The van der Waals surface area contributed by atoms with Crippen molar-refractivity contribution in [3.8, 4) is 0 Å². The van der Waals surface area contributed by atoms with Gasteiger partial charge in [0.1, 0.15) is 0 Å². The van der Waals surface area contributed by atoms with Crippen LogP contribution in [-0.2, 0) is 4.79 Å². The van der Waals surface area contributed by atoms with E-state index in [9.17, 15) is 9.90 Å². The van der Waals surface area contributed by atoms with Gasteiger partial charge in [-0.3, -0.25) is 9.69 Å². The first-order valence-electron chi connectivity index (χ1n) is 11.0. The van der Waals surface area contributed by atoms with Crippen molar-refractivity contribution >= 4 is 11.6 Å². The van der Waals surface area contributed by atoms with E-state index < -0.39 is 0 Å². The van der Waals surface area contributed by atoms with Gasteiger partial charge in [0.15, 0.2) is 0 Å². The minimum atomic E-state index is -0.279. The van der Waals surface area contributed by atoms with Crippen LogP contribution in [0.1, 0.15) is 44.6 Å². The number of aliphatic hydroxyl groups excluding tert-OH is 1. The largest absolute Gasteiger partial charge is 0.392 e. The number of benzene rings is 1. The molecule has 0 unspecified atom stereocenters. The number of likely N-dealkylation sites (tertiary alicyclic amines) is 2. The van der Waals surface area contributed by atoms with E-state index in [1.165, 1.54) is 24.1 Å². The standard InChI is InChI=1S/C23H35N3O2/c1-18-5-3-6-21(15-18)24-12-7-20(8-13-24)26-14-9-22(28)23(17-26)10-4-11-25(16-23)19(2)27/h3,5-6,15,20,22,28H,4,7-14,16-17H2,1-2H3/t22-,23+/m1/s1. The first-order valence-corrected chi connectivity index (χ1v) is 11.0. The quantitative estimate of drug-likeness (QED) is 0.850. The van der Waals surface area contributed by atoms with E-state index in [0.29, 0.717) is 6.04 Å². The summed E-state index contributed by atoms with van der Waals surface area (Å²) in [6.07, 6.45) is 4.96. The number of carbonyl (C=O) groups excluding carboxylic acids is 1. The van der Waals surface area contributed by atoms with E-state index in [0.717, 1.165) is 58.5 Å². The number of piperidine rings is 3. The molecule has 0 saturated carbocycles. The first kappa shape index (κ1) is 19.7. The van der Waals surface area contributed by atoms with Gasteiger partial charge >= 0.3 is 0 Å². The Hall–Kier alpha value is -1.59. The van der Waals surface area contributed by atoms with Gasteiger partial charge in [0.25, 0.3) is 0 Å². The van der Waals surface area contributed by atoms with Crippen LogP contribution >= 0.6 is 0 Å². The number of nitrogens with zero attached hydrogens (tertiary/aromatic N) is 3. The van der Waals surface area contributed by atoms with E-state index in [1.54, 1.807) is 6.92 Å². The van der Waals surface area contributed by atoms with Crippen molar-refractivity contribution in [2.75, 3.05) is 44.2 Å². The molecule has 5 nitrogen and oxygen atoms in total. The fourth-order valence-electron chi connectivity index (χ4n) is 5.64. The maximum Gasteiger partial charge on any atom is 0.219 e. The van der Waals surface area contributed by atoms with Crippen molar-refractivity contribution in [3.63, 3.8) is 0 Å². The third-order valence-electron chi connectivity index (χ3n) is 7.32. The third kappa shape index (κ3) is 3.92. The molecule has 4 rings (SSSR count). The number of aliphatic hydroxyl groups is 1. The van der Waals surface area contributed by atoms with E-state index in [4.69, 9.17) is 0 Å². The lowest BCUT2D eigenvalue weighted by Crippen LogP contribution is -2.61. The molecule has 0 bridgehead atoms. The van der Waals surface area contributed by atoms with Crippen LogP contribution in [0.25, 0.3) is 0 Å². The average molecular weight is 386 g/mol. The Morgan fingerprint density at radius 3 is 2.61 bits per heavy atom. The normalized spacial score (nSPS) is 30.0. The molecule has 5 heteroatoms. The second-order valence-electron chi connectivity index (χ2n) is 9.24. The van der Waals surface area contributed by atoms with Crippen LogP contribution in [0, 0.1) is 12.3 Å². The van der Waals surface area contributed by atoms with Gasteiger partial charge < -0.3 is 14.9 Å². The van der Waals surface area contributed by atoms with Gasteiger partial charge in [-0.2, -0.15) is 0 Å². The molecule has 3 fully saturated rings. The summed E-state index contributed by atoms with van der Waals surface area (Å²) in [6, 6.07) is 9.40. The number of aryl methyl sites for hydroxylation is 1. The monoisotopic (exact) mass is 385 g/mol. The highest BCUT2D eigenvalue weighted by Crippen LogP contribution is 2.40. The molecule has 3 saturated heterocycles. The molecule has 154 valence electrons. The number of carbonyl (C=O) groups is 1. The number of anilines is 1. The fraction of sp³-hybridized carbons (Fsp3) is 0.696. The Morgan fingerprint density at radius 2 is 1.89 bits per heavy atom. The highest BCUT2D eigenvalue weighted by atomic mass is 16.3. The van der Waals surface area contributed by atoms with Crippen LogP contribution < -0.4 is 4.90 Å². The molecular formula is C23H35N3O2. The predicted octanol–water partition coefficient (Wildman–Crippen LogP) is 2.66. The molecule has 0 radical (unpaired) electrons. The van der Waals surface area contributed by atoms with Crippen molar-refractivity contribution in [2.24, 2.45) is 5.41 Å². The van der Waals surface area contributed by atoms with Crippen molar-refractivity contribution < 1.29 is 9.90 Å². The molecule has 1 N–H and O–H groups in total. The Balaban J connectivity index is 1.39. The summed E-state index contributed by atoms with van der Waals surface area (Å²) in [6.45, 7) is 9.50. The second kappa shape index (κ2) is 8.03. The predicted molar refractivity (Wildman–Crippen MR) is 113 cm³/mol. The lowest BCUT2D eigenvalue weighted by atomic mass is 9.71. The maximum atomic E-state index is 11.9. The Bertz CT molecular complexity index is 701. The molecule has 3 aliphatic heterocycles. The Morgan fingerprint density at radius 1 is 1.11 bits per heavy atom. The summed E-state index contributed by atoms with van der Waals surface area (Å²) in [5.41, 5.74) is 2.53. The summed E-state index contributed by atoms with van der Waals surface area (Å²) in [5.74, 6) is 0.148. The Labute approximate surface area is 169 Å². The molecule has 1 spiro atoms. The summed E-state index contributed by atoms with van der Waals surface area (Å²) in [4.78, 5) is 19.0. The number of hydrogen-bond donors (Lipinski definition) is 1. The maximum absolute atomic E-state index is 11.9. The summed E-state index contributed by atoms with van der Waals surface area (Å²) in [5, 5.41) is 10.8. The summed E-state index contributed by atoms with van der Waals surface area (Å²) >= 11 is 0. The molecular weight excluding hydrogens is 350 g/mol. The SMILES string of the molecule is CC(=O)N1CCC[C@]2(C1)CN(C1CCN(c3cccc(C)c3)CC1)CC[C@H]2O. The number of amides is 1. The van der Waals surface area contributed by atoms with Gasteiger partial charge in [-0.15, -0.1) is 0 Å². The molecule has 1 aromatic rings. The van der Waals surface area contributed by atoms with Gasteiger partial charge in [0, 0.05) is 63.3 Å². The number of rotatable bonds is 2. The van der Waals surface area contributed by atoms with Crippen molar-refractivity contribution in [1.29, 1.82) is 0 Å². The van der Waals surface area contributed by atoms with Gasteiger partial charge in [0.2, 0.25) is 5.91 Å². The molecule has 0 aliphatic carbocycles. The first-order chi connectivity index (χ1) is 13.5. The van der Waals surface area contributed by atoms with E-state index in [1.807, 2.05) is 4.90 Å². The minimum Gasteiger partial charge on any atom is -0.392 e. The van der Waals surface area contributed by atoms with Crippen molar-refractivity contribution in [2.45, 2.75) is 58.1 Å².